The molecule has 0 N–H and O–H groups in total. The second kappa shape index (κ2) is 7.86. The summed E-state index contributed by atoms with van der Waals surface area (Å²) in [6.45, 7) is 4.46. The van der Waals surface area contributed by atoms with Crippen LogP contribution in [0.2, 0.25) is 0 Å². The molecule has 0 saturated carbocycles. The summed E-state index contributed by atoms with van der Waals surface area (Å²) in [6, 6.07) is 13.1. The summed E-state index contributed by atoms with van der Waals surface area (Å²) in [4.78, 5) is 0. The summed E-state index contributed by atoms with van der Waals surface area (Å²) in [5.41, 5.74) is 1.44. The third-order valence-corrected chi connectivity index (χ3v) is 2.31. The van der Waals surface area contributed by atoms with Gasteiger partial charge >= 0.3 is 0 Å². The molecule has 0 aliphatic heterocycles. The zero-order valence-electron chi connectivity index (χ0n) is 8.80. The molecule has 2 aromatic carbocycles. The van der Waals surface area contributed by atoms with Gasteiger partial charge in [-0.1, -0.05) is 19.9 Å². The summed E-state index contributed by atoms with van der Waals surface area (Å²) in [5.74, 6) is 0.636. The molecule has 0 spiro atoms. The molecule has 0 aromatic heterocycles. The Morgan fingerprint density at radius 3 is 2.20 bits per heavy atom. The molecule has 0 fully saturated rings. The van der Waals surface area contributed by atoms with Crippen molar-refractivity contribution in [2.75, 3.05) is 0 Å². The zero-order valence-corrected chi connectivity index (χ0v) is 15.6. The van der Waals surface area contributed by atoms with Gasteiger partial charge in [-0.15, -0.1) is 40.6 Å². The maximum atomic E-state index is 2.28. The first-order chi connectivity index (χ1) is 5.77. The summed E-state index contributed by atoms with van der Waals surface area (Å²) in [6.07, 6.45) is 0. The van der Waals surface area contributed by atoms with E-state index in [-0.39, 0.29) is 59.8 Å². The minimum absolute atomic E-state index is 0. The maximum absolute atomic E-state index is 2.28. The molecule has 0 atom stereocenters. The van der Waals surface area contributed by atoms with E-state index in [0.29, 0.717) is 5.92 Å². The van der Waals surface area contributed by atoms with Gasteiger partial charge in [0.15, 0.2) is 0 Å². The van der Waals surface area contributed by atoms with Crippen molar-refractivity contribution in [1.29, 1.82) is 0 Å². The third-order valence-electron chi connectivity index (χ3n) is 2.31. The van der Waals surface area contributed by atoms with E-state index in [4.69, 9.17) is 0 Å². The molecule has 0 nitrogen and oxygen atoms in total. The number of halogens is 2. The van der Waals surface area contributed by atoms with Gasteiger partial charge in [-0.2, -0.15) is 6.07 Å². The predicted octanol–water partition coefficient (Wildman–Crippen LogP) is -2.31. The molecule has 0 aliphatic carbocycles. The number of rotatable bonds is 1. The van der Waals surface area contributed by atoms with E-state index in [9.17, 15) is 0 Å². The number of hydrogen-bond donors (Lipinski definition) is 0. The number of fused-ring (bicyclic) bond motifs is 1. The minimum atomic E-state index is 0. The number of benzene rings is 1. The van der Waals surface area contributed by atoms with E-state index < -0.39 is 0 Å². The fraction of sp³-hybridized carbons (Fsp3) is 0.250. The van der Waals surface area contributed by atoms with Crippen LogP contribution in [0.3, 0.4) is 0 Å². The van der Waals surface area contributed by atoms with Crippen molar-refractivity contribution in [1.82, 2.24) is 0 Å². The Labute approximate surface area is 131 Å². The monoisotopic (exact) mass is 495 g/mol. The van der Waals surface area contributed by atoms with Crippen molar-refractivity contribution in [2.24, 2.45) is 0 Å². The van der Waals surface area contributed by atoms with Gasteiger partial charge in [0.05, 0.1) is 0 Å². The molecule has 0 radical (unpaired) electrons. The van der Waals surface area contributed by atoms with Crippen LogP contribution < -0.4 is 34.0 Å². The standard InChI is InChI=1S/C12H13.2BrH.Hf/c1-9(2)12-7-10-5-3-4-6-11(10)8-12;;;/h3-9H,1-2H3;2*1H;/q-1;;;/p-2. The van der Waals surface area contributed by atoms with E-state index in [2.05, 4.69) is 50.2 Å². The first-order valence-corrected chi connectivity index (χ1v) is 4.43. The first-order valence-electron chi connectivity index (χ1n) is 4.43. The van der Waals surface area contributed by atoms with E-state index in [1.54, 1.807) is 0 Å². The summed E-state index contributed by atoms with van der Waals surface area (Å²) >= 11 is 0. The van der Waals surface area contributed by atoms with Gasteiger partial charge in [0.2, 0.25) is 0 Å². The van der Waals surface area contributed by atoms with Crippen LogP contribution in [-0.4, -0.2) is 0 Å². The third kappa shape index (κ3) is 4.20. The predicted molar refractivity (Wildman–Crippen MR) is 53.6 cm³/mol. The van der Waals surface area contributed by atoms with Crippen molar-refractivity contribution >= 4 is 10.8 Å². The van der Waals surface area contributed by atoms with Crippen LogP contribution in [0.25, 0.3) is 10.8 Å². The van der Waals surface area contributed by atoms with E-state index >= 15 is 0 Å². The quantitative estimate of drug-likeness (QED) is 0.308. The largest absolute Gasteiger partial charge is 1.00 e. The average molecular weight is 496 g/mol. The van der Waals surface area contributed by atoms with Gasteiger partial charge in [0.25, 0.3) is 0 Å². The van der Waals surface area contributed by atoms with Gasteiger partial charge in [-0.3, -0.25) is 0 Å². The molecule has 82 valence electrons. The molecule has 2 rings (SSSR count). The van der Waals surface area contributed by atoms with Crippen LogP contribution in [0.15, 0.2) is 36.4 Å². The average Bonchev–Trinajstić information content (AvgIpc) is 2.46. The smallest absolute Gasteiger partial charge is 0 e. The fourth-order valence-corrected chi connectivity index (χ4v) is 1.51. The second-order valence-corrected chi connectivity index (χ2v) is 3.57. The second-order valence-electron chi connectivity index (χ2n) is 3.57. The number of hydrogen-bond acceptors (Lipinski definition) is 0. The fourth-order valence-electron chi connectivity index (χ4n) is 1.51. The zero-order chi connectivity index (χ0) is 8.55. The normalized spacial score (nSPS) is 9.00. The van der Waals surface area contributed by atoms with Crippen molar-refractivity contribution in [3.05, 3.63) is 42.0 Å². The minimum Gasteiger partial charge on any atom is -1.00 e. The van der Waals surface area contributed by atoms with Gasteiger partial charge in [-0.05, 0) is 5.92 Å². The van der Waals surface area contributed by atoms with Gasteiger partial charge in [-0.25, -0.2) is 0 Å². The SMILES string of the molecule is CC(C)c1cc2ccccc2[cH-]1.[Br-].[Br-].[Hf]. The molecule has 15 heavy (non-hydrogen) atoms. The molecule has 0 saturated heterocycles. The molecular weight excluding hydrogens is 482 g/mol. The van der Waals surface area contributed by atoms with Crippen molar-refractivity contribution < 1.29 is 59.8 Å². The van der Waals surface area contributed by atoms with Crippen molar-refractivity contribution in [3.63, 3.8) is 0 Å². The Balaban J connectivity index is 0. The summed E-state index contributed by atoms with van der Waals surface area (Å²) < 4.78 is 0. The van der Waals surface area contributed by atoms with Crippen LogP contribution >= 0.6 is 0 Å². The topological polar surface area (TPSA) is 0 Å². The van der Waals surface area contributed by atoms with Gasteiger partial charge < -0.3 is 34.0 Å². The van der Waals surface area contributed by atoms with Crippen LogP contribution in [0, 0.1) is 0 Å². The molecule has 2 aromatic rings. The first kappa shape index (κ1) is 18.0. The van der Waals surface area contributed by atoms with Crippen molar-refractivity contribution in [2.45, 2.75) is 19.8 Å². The Morgan fingerprint density at radius 2 is 1.67 bits per heavy atom. The van der Waals surface area contributed by atoms with Gasteiger partial charge in [0, 0.05) is 25.8 Å². The maximum Gasteiger partial charge on any atom is 0 e. The molecule has 3 heteroatoms. The molecule has 0 heterocycles. The van der Waals surface area contributed by atoms with Gasteiger partial charge in [0.1, 0.15) is 0 Å². The molecule has 0 aliphatic rings. The van der Waals surface area contributed by atoms with Crippen LogP contribution in [0.5, 0.6) is 0 Å². The summed E-state index contributed by atoms with van der Waals surface area (Å²) in [7, 11) is 0. The Morgan fingerprint density at radius 1 is 1.07 bits per heavy atom. The summed E-state index contributed by atoms with van der Waals surface area (Å²) in [5, 5.41) is 2.72. The molecule has 0 bridgehead atoms. The molecule has 0 unspecified atom stereocenters. The molecular formula is C12H13Br2Hf-3. The van der Waals surface area contributed by atoms with E-state index in [1.165, 1.54) is 16.3 Å². The Bertz CT molecular complexity index is 360. The molecule has 0 amide bonds. The van der Waals surface area contributed by atoms with Crippen LogP contribution in [0.4, 0.5) is 0 Å². The Kier molecular flexibility index (Phi) is 9.45. The van der Waals surface area contributed by atoms with Crippen LogP contribution in [-0.2, 0) is 25.8 Å². The van der Waals surface area contributed by atoms with Crippen LogP contribution in [0.1, 0.15) is 25.3 Å². The van der Waals surface area contributed by atoms with E-state index in [1.807, 2.05) is 0 Å². The van der Waals surface area contributed by atoms with Crippen molar-refractivity contribution in [3.8, 4) is 0 Å². The van der Waals surface area contributed by atoms with E-state index in [0.717, 1.165) is 0 Å². The Hall–Kier alpha value is 0.660.